The predicted octanol–water partition coefficient (Wildman–Crippen LogP) is 7.39. The summed E-state index contributed by atoms with van der Waals surface area (Å²) in [6.07, 6.45) is 17.2. The standard InChI is InChI=1S/C27H46O/c1-18(2)7-6-8-19(3)23-11-12-24-22-10-9-20-17-21(28)13-15-26(20,4)25(22)14-16-27(23,24)5/h9,18-19,21-25,28H,6-8,10-17H2,1-5H3/t19-,21+,22+,23-,24-,25-,26-,27+/m0/s1. The smallest absolute Gasteiger partial charge is 0.0577 e. The van der Waals surface area contributed by atoms with Gasteiger partial charge in [0.25, 0.3) is 0 Å². The quantitative estimate of drug-likeness (QED) is 0.488. The molecule has 4 aliphatic carbocycles. The Balaban J connectivity index is 1.49. The van der Waals surface area contributed by atoms with Crippen molar-refractivity contribution in [2.75, 3.05) is 0 Å². The van der Waals surface area contributed by atoms with Gasteiger partial charge in [-0.3, -0.25) is 0 Å². The van der Waals surface area contributed by atoms with Crippen molar-refractivity contribution >= 4 is 0 Å². The van der Waals surface area contributed by atoms with Gasteiger partial charge in [-0.15, -0.1) is 0 Å². The third-order valence-corrected chi connectivity index (χ3v) is 10.3. The van der Waals surface area contributed by atoms with Gasteiger partial charge in [0.2, 0.25) is 0 Å². The van der Waals surface area contributed by atoms with Crippen LogP contribution >= 0.6 is 0 Å². The number of fused-ring (bicyclic) bond motifs is 5. The van der Waals surface area contributed by atoms with Crippen LogP contribution in [0.3, 0.4) is 0 Å². The average Bonchev–Trinajstić information content (AvgIpc) is 2.99. The number of hydrogen-bond donors (Lipinski definition) is 1. The molecule has 4 rings (SSSR count). The van der Waals surface area contributed by atoms with E-state index >= 15 is 0 Å². The van der Waals surface area contributed by atoms with E-state index in [2.05, 4.69) is 40.7 Å². The summed E-state index contributed by atoms with van der Waals surface area (Å²) >= 11 is 0. The van der Waals surface area contributed by atoms with Crippen molar-refractivity contribution in [1.82, 2.24) is 0 Å². The fourth-order valence-corrected chi connectivity index (χ4v) is 8.67. The van der Waals surface area contributed by atoms with Gasteiger partial charge >= 0.3 is 0 Å². The molecule has 0 aromatic rings. The van der Waals surface area contributed by atoms with Gasteiger partial charge in [0.05, 0.1) is 6.10 Å². The first-order valence-electron chi connectivity index (χ1n) is 12.6. The summed E-state index contributed by atoms with van der Waals surface area (Å²) in [6, 6.07) is 0. The Bertz CT molecular complexity index is 591. The molecule has 4 aliphatic rings. The fraction of sp³-hybridized carbons (Fsp3) is 0.926. The lowest BCUT2D eigenvalue weighted by atomic mass is 9.47. The van der Waals surface area contributed by atoms with Crippen molar-refractivity contribution in [3.63, 3.8) is 0 Å². The molecule has 160 valence electrons. The van der Waals surface area contributed by atoms with Gasteiger partial charge in [0.15, 0.2) is 0 Å². The monoisotopic (exact) mass is 386 g/mol. The van der Waals surface area contributed by atoms with Crippen molar-refractivity contribution in [3.8, 4) is 0 Å². The summed E-state index contributed by atoms with van der Waals surface area (Å²) in [5, 5.41) is 10.2. The molecule has 0 unspecified atom stereocenters. The first-order valence-corrected chi connectivity index (χ1v) is 12.6. The second kappa shape index (κ2) is 7.75. The molecule has 0 saturated heterocycles. The van der Waals surface area contributed by atoms with Crippen molar-refractivity contribution in [3.05, 3.63) is 11.6 Å². The minimum Gasteiger partial charge on any atom is -0.393 e. The SMILES string of the molecule is CC(C)CCC[C@H](C)[C@@H]1CC[C@H]2[C@H]3CC=C4C[C@H](O)CC[C@]4(C)[C@H]3CC[C@@]21C. The van der Waals surface area contributed by atoms with E-state index in [1.165, 1.54) is 57.8 Å². The van der Waals surface area contributed by atoms with Crippen LogP contribution in [0.5, 0.6) is 0 Å². The Morgan fingerprint density at radius 3 is 2.54 bits per heavy atom. The molecule has 0 aliphatic heterocycles. The lowest BCUT2D eigenvalue weighted by Crippen LogP contribution is -2.50. The Morgan fingerprint density at radius 2 is 1.79 bits per heavy atom. The van der Waals surface area contributed by atoms with Crippen LogP contribution in [0.4, 0.5) is 0 Å². The molecular weight excluding hydrogens is 340 g/mol. The van der Waals surface area contributed by atoms with Crippen LogP contribution in [0.1, 0.15) is 105 Å². The summed E-state index contributed by atoms with van der Waals surface area (Å²) < 4.78 is 0. The fourth-order valence-electron chi connectivity index (χ4n) is 8.67. The predicted molar refractivity (Wildman–Crippen MR) is 119 cm³/mol. The van der Waals surface area contributed by atoms with Crippen LogP contribution in [0.25, 0.3) is 0 Å². The normalized spacial score (nSPS) is 46.5. The maximum absolute atomic E-state index is 10.2. The Labute approximate surface area is 174 Å². The van der Waals surface area contributed by atoms with Gasteiger partial charge in [-0.25, -0.2) is 0 Å². The molecule has 1 N–H and O–H groups in total. The molecule has 0 radical (unpaired) electrons. The maximum atomic E-state index is 10.2. The maximum Gasteiger partial charge on any atom is 0.0577 e. The molecule has 0 amide bonds. The van der Waals surface area contributed by atoms with E-state index in [0.29, 0.717) is 10.8 Å². The molecule has 3 saturated carbocycles. The van der Waals surface area contributed by atoms with E-state index in [9.17, 15) is 5.11 Å². The van der Waals surface area contributed by atoms with Crippen molar-refractivity contribution in [2.45, 2.75) is 111 Å². The number of aliphatic hydroxyl groups is 1. The zero-order valence-corrected chi connectivity index (χ0v) is 19.3. The van der Waals surface area contributed by atoms with Gasteiger partial charge in [-0.05, 0) is 97.7 Å². The van der Waals surface area contributed by atoms with Crippen LogP contribution in [-0.2, 0) is 0 Å². The second-order valence-electron chi connectivity index (χ2n) is 12.2. The zero-order chi connectivity index (χ0) is 20.1. The average molecular weight is 387 g/mol. The molecular formula is C27H46O. The number of allylic oxidation sites excluding steroid dienone is 1. The van der Waals surface area contributed by atoms with Crippen molar-refractivity contribution in [1.29, 1.82) is 0 Å². The highest BCUT2D eigenvalue weighted by molar-refractivity contribution is 5.25. The summed E-state index contributed by atoms with van der Waals surface area (Å²) in [7, 11) is 0. The highest BCUT2D eigenvalue weighted by Crippen LogP contribution is 2.67. The van der Waals surface area contributed by atoms with Crippen LogP contribution in [0.2, 0.25) is 0 Å². The van der Waals surface area contributed by atoms with Crippen LogP contribution in [0.15, 0.2) is 11.6 Å². The third kappa shape index (κ3) is 3.42. The van der Waals surface area contributed by atoms with E-state index in [4.69, 9.17) is 0 Å². The topological polar surface area (TPSA) is 20.2 Å². The zero-order valence-electron chi connectivity index (χ0n) is 19.3. The van der Waals surface area contributed by atoms with E-state index in [0.717, 1.165) is 48.3 Å². The van der Waals surface area contributed by atoms with Crippen LogP contribution in [0, 0.1) is 46.3 Å². The molecule has 0 aromatic heterocycles. The molecule has 0 spiro atoms. The number of rotatable bonds is 5. The summed E-state index contributed by atoms with van der Waals surface area (Å²) in [4.78, 5) is 0. The minimum atomic E-state index is -0.0766. The first kappa shape index (κ1) is 21.0. The molecule has 1 heteroatoms. The van der Waals surface area contributed by atoms with E-state index in [1.54, 1.807) is 5.57 Å². The Morgan fingerprint density at radius 1 is 1.00 bits per heavy atom. The minimum absolute atomic E-state index is 0.0766. The van der Waals surface area contributed by atoms with E-state index in [1.807, 2.05) is 0 Å². The van der Waals surface area contributed by atoms with E-state index in [-0.39, 0.29) is 6.10 Å². The summed E-state index contributed by atoms with van der Waals surface area (Å²) in [6.45, 7) is 12.6. The molecule has 0 bridgehead atoms. The molecule has 0 aromatic carbocycles. The van der Waals surface area contributed by atoms with Gasteiger partial charge in [0, 0.05) is 0 Å². The second-order valence-corrected chi connectivity index (χ2v) is 12.2. The van der Waals surface area contributed by atoms with Crippen LogP contribution < -0.4 is 0 Å². The van der Waals surface area contributed by atoms with Gasteiger partial charge < -0.3 is 5.11 Å². The van der Waals surface area contributed by atoms with Crippen LogP contribution in [-0.4, -0.2) is 11.2 Å². The molecule has 0 heterocycles. The van der Waals surface area contributed by atoms with E-state index < -0.39 is 0 Å². The largest absolute Gasteiger partial charge is 0.393 e. The van der Waals surface area contributed by atoms with Gasteiger partial charge in [-0.1, -0.05) is 65.5 Å². The first-order chi connectivity index (χ1) is 13.3. The molecule has 8 atom stereocenters. The lowest BCUT2D eigenvalue weighted by molar-refractivity contribution is -0.0573. The van der Waals surface area contributed by atoms with Crippen molar-refractivity contribution in [2.24, 2.45) is 46.3 Å². The Hall–Kier alpha value is -0.300. The third-order valence-electron chi connectivity index (χ3n) is 10.3. The summed E-state index contributed by atoms with van der Waals surface area (Å²) in [5.41, 5.74) is 2.60. The Kier molecular flexibility index (Phi) is 5.80. The van der Waals surface area contributed by atoms with Crippen molar-refractivity contribution < 1.29 is 5.11 Å². The highest BCUT2D eigenvalue weighted by Gasteiger charge is 2.59. The molecule has 1 nitrogen and oxygen atoms in total. The highest BCUT2D eigenvalue weighted by atomic mass is 16.3. The van der Waals surface area contributed by atoms with Gasteiger partial charge in [-0.2, -0.15) is 0 Å². The van der Waals surface area contributed by atoms with Gasteiger partial charge in [0.1, 0.15) is 0 Å². The lowest BCUT2D eigenvalue weighted by Gasteiger charge is -2.58. The number of aliphatic hydroxyl groups excluding tert-OH is 1. The molecule has 28 heavy (non-hydrogen) atoms. The summed E-state index contributed by atoms with van der Waals surface area (Å²) in [5.74, 6) is 5.46. The molecule has 3 fully saturated rings. The number of hydrogen-bond acceptors (Lipinski definition) is 1.